The van der Waals surface area contributed by atoms with Crippen LogP contribution in [0.15, 0.2) is 86.3 Å². The fraction of sp³-hybridized carbons (Fsp3) is 0.167. The van der Waals surface area contributed by atoms with E-state index >= 15 is 0 Å². The van der Waals surface area contributed by atoms with Gasteiger partial charge in [0.05, 0.1) is 10.7 Å². The van der Waals surface area contributed by atoms with Crippen molar-refractivity contribution in [2.45, 2.75) is 20.8 Å². The summed E-state index contributed by atoms with van der Waals surface area (Å²) in [4.78, 5) is 8.55. The summed E-state index contributed by atoms with van der Waals surface area (Å²) in [7, 11) is 2.02. The summed E-state index contributed by atoms with van der Waals surface area (Å²) >= 11 is 6.21. The van der Waals surface area contributed by atoms with Crippen molar-refractivity contribution < 1.29 is 0 Å². The number of rotatable bonds is 3. The molecule has 0 bridgehead atoms. The summed E-state index contributed by atoms with van der Waals surface area (Å²) in [5, 5.41) is 1.73. The number of nitrogens with zero attached hydrogens (tertiary/aromatic N) is 3. The van der Waals surface area contributed by atoms with Gasteiger partial charge in [0.2, 0.25) is 0 Å². The zero-order valence-corrected chi connectivity index (χ0v) is 17.9. The normalized spacial score (nSPS) is 10.8. The van der Waals surface area contributed by atoms with Gasteiger partial charge in [-0.2, -0.15) is 0 Å². The van der Waals surface area contributed by atoms with Crippen LogP contribution < -0.4 is 0 Å². The van der Waals surface area contributed by atoms with Gasteiger partial charge in [-0.3, -0.25) is 0 Å². The van der Waals surface area contributed by atoms with Crippen LogP contribution in [0.3, 0.4) is 0 Å². The molecule has 0 saturated heterocycles. The zero-order valence-electron chi connectivity index (χ0n) is 17.1. The molecule has 4 heteroatoms. The van der Waals surface area contributed by atoms with Crippen LogP contribution >= 0.6 is 11.6 Å². The predicted molar refractivity (Wildman–Crippen MR) is 124 cm³/mol. The van der Waals surface area contributed by atoms with E-state index in [-0.39, 0.29) is 0 Å². The van der Waals surface area contributed by atoms with Crippen LogP contribution in [-0.4, -0.2) is 14.5 Å². The van der Waals surface area contributed by atoms with Gasteiger partial charge < -0.3 is 4.57 Å². The molecule has 0 unspecified atom stereocenters. The quantitative estimate of drug-likeness (QED) is 0.351. The van der Waals surface area contributed by atoms with E-state index in [9.17, 15) is 0 Å². The van der Waals surface area contributed by atoms with E-state index < -0.39 is 0 Å². The Hall–Kier alpha value is -2.91. The van der Waals surface area contributed by atoms with Crippen LogP contribution in [0.2, 0.25) is 5.02 Å². The number of fused-ring (bicyclic) bond motifs is 1. The SMILES string of the molecule is C=C.C=C/C=C\C(C)=C/C.Cc1ncc(Cl)c(-c2cn(C)c3ccccc23)n1. The minimum absolute atomic E-state index is 0.581. The first-order valence-corrected chi connectivity index (χ1v) is 9.31. The molecule has 3 nitrogen and oxygen atoms in total. The van der Waals surface area contributed by atoms with Gasteiger partial charge >= 0.3 is 0 Å². The molecular formula is C24H28ClN3. The largest absolute Gasteiger partial charge is 0.350 e. The molecule has 3 rings (SSSR count). The number of aryl methyl sites for hydroxylation is 2. The Balaban J connectivity index is 0.000000334. The molecule has 0 aliphatic heterocycles. The molecule has 0 atom stereocenters. The second-order valence-electron chi connectivity index (χ2n) is 5.91. The number of hydrogen-bond acceptors (Lipinski definition) is 2. The highest BCUT2D eigenvalue weighted by Gasteiger charge is 2.12. The van der Waals surface area contributed by atoms with E-state index in [0.717, 1.165) is 22.5 Å². The number of para-hydroxylation sites is 1. The highest BCUT2D eigenvalue weighted by atomic mass is 35.5. The summed E-state index contributed by atoms with van der Waals surface area (Å²) in [6.07, 6.45) is 11.5. The smallest absolute Gasteiger partial charge is 0.125 e. The lowest BCUT2D eigenvalue weighted by Gasteiger charge is -2.02. The van der Waals surface area contributed by atoms with Gasteiger partial charge in [0.15, 0.2) is 0 Å². The molecule has 0 spiro atoms. The van der Waals surface area contributed by atoms with Gasteiger partial charge in [-0.1, -0.05) is 66.3 Å². The topological polar surface area (TPSA) is 30.7 Å². The van der Waals surface area contributed by atoms with Gasteiger partial charge in [0.1, 0.15) is 5.82 Å². The van der Waals surface area contributed by atoms with Gasteiger partial charge in [0.25, 0.3) is 0 Å². The molecule has 2 heterocycles. The zero-order chi connectivity index (χ0) is 21.1. The van der Waals surface area contributed by atoms with Gasteiger partial charge in [-0.15, -0.1) is 13.2 Å². The minimum atomic E-state index is 0.581. The first kappa shape index (κ1) is 23.1. The third kappa shape index (κ3) is 6.07. The number of allylic oxidation sites excluding steroid dienone is 5. The fourth-order valence-electron chi connectivity index (χ4n) is 2.49. The molecule has 0 saturated carbocycles. The first-order valence-electron chi connectivity index (χ1n) is 8.93. The van der Waals surface area contributed by atoms with E-state index in [4.69, 9.17) is 11.6 Å². The standard InChI is InChI=1S/C14H12ClN3.C8H12.C2H4/c1-9-16-7-12(15)14(17-9)11-8-18(2)13-6-4-3-5-10(11)13;1-4-6-7-8(3)5-2;1-2/h3-8H,1-2H3;4-7H,1H2,2-3H3;1-2H2/b;7-6-,8-5-;. The van der Waals surface area contributed by atoms with Crippen molar-refractivity contribution in [2.24, 2.45) is 7.05 Å². The lowest BCUT2D eigenvalue weighted by atomic mass is 10.1. The van der Waals surface area contributed by atoms with Crippen molar-refractivity contribution in [3.8, 4) is 11.3 Å². The van der Waals surface area contributed by atoms with Crippen molar-refractivity contribution >= 4 is 22.5 Å². The maximum Gasteiger partial charge on any atom is 0.125 e. The fourth-order valence-corrected chi connectivity index (χ4v) is 2.68. The van der Waals surface area contributed by atoms with Crippen LogP contribution in [0.25, 0.3) is 22.2 Å². The Morgan fingerprint density at radius 2 is 1.89 bits per heavy atom. The monoisotopic (exact) mass is 393 g/mol. The highest BCUT2D eigenvalue weighted by Crippen LogP contribution is 2.32. The average Bonchev–Trinajstić information content (AvgIpc) is 3.06. The molecule has 0 amide bonds. The molecule has 0 fully saturated rings. The molecule has 0 aliphatic carbocycles. The summed E-state index contributed by atoms with van der Waals surface area (Å²) in [6, 6.07) is 8.21. The van der Waals surface area contributed by atoms with Crippen molar-refractivity contribution in [3.05, 3.63) is 97.1 Å². The minimum Gasteiger partial charge on any atom is -0.350 e. The van der Waals surface area contributed by atoms with E-state index in [1.807, 2.05) is 45.2 Å². The van der Waals surface area contributed by atoms with Gasteiger partial charge in [-0.25, -0.2) is 9.97 Å². The Labute approximate surface area is 173 Å². The van der Waals surface area contributed by atoms with Crippen molar-refractivity contribution in [3.63, 3.8) is 0 Å². The van der Waals surface area contributed by atoms with Crippen LogP contribution in [0, 0.1) is 6.92 Å². The third-order valence-corrected chi connectivity index (χ3v) is 4.24. The lowest BCUT2D eigenvalue weighted by Crippen LogP contribution is -1.91. The van der Waals surface area contributed by atoms with Crippen LogP contribution in [-0.2, 0) is 7.05 Å². The maximum atomic E-state index is 6.21. The third-order valence-electron chi connectivity index (χ3n) is 3.97. The second kappa shape index (κ2) is 11.7. The Kier molecular flexibility index (Phi) is 9.69. The summed E-state index contributed by atoms with van der Waals surface area (Å²) in [5.74, 6) is 0.724. The maximum absolute atomic E-state index is 6.21. The molecule has 0 N–H and O–H groups in total. The summed E-state index contributed by atoms with van der Waals surface area (Å²) < 4.78 is 2.08. The number of benzene rings is 1. The Morgan fingerprint density at radius 1 is 1.21 bits per heavy atom. The van der Waals surface area contributed by atoms with Gasteiger partial charge in [0, 0.05) is 35.9 Å². The summed E-state index contributed by atoms with van der Waals surface area (Å²) in [5.41, 5.74) is 4.27. The molecule has 2 aromatic heterocycles. The van der Waals surface area contributed by atoms with E-state index in [1.54, 1.807) is 12.3 Å². The highest BCUT2D eigenvalue weighted by molar-refractivity contribution is 6.33. The lowest BCUT2D eigenvalue weighted by molar-refractivity contribution is 0.968. The predicted octanol–water partition coefficient (Wildman–Crippen LogP) is 7.09. The van der Waals surface area contributed by atoms with E-state index in [0.29, 0.717) is 5.02 Å². The molecule has 1 aromatic carbocycles. The van der Waals surface area contributed by atoms with E-state index in [2.05, 4.69) is 65.6 Å². The Bertz CT molecular complexity index is 981. The van der Waals surface area contributed by atoms with Crippen molar-refractivity contribution in [2.75, 3.05) is 0 Å². The molecule has 0 radical (unpaired) electrons. The van der Waals surface area contributed by atoms with Gasteiger partial charge in [-0.05, 0) is 26.8 Å². The first-order chi connectivity index (χ1) is 13.5. The number of aromatic nitrogens is 3. The second-order valence-corrected chi connectivity index (χ2v) is 6.32. The van der Waals surface area contributed by atoms with Crippen LogP contribution in [0.1, 0.15) is 19.7 Å². The molecule has 0 aliphatic rings. The molecule has 3 aromatic rings. The van der Waals surface area contributed by atoms with E-state index in [1.165, 1.54) is 11.1 Å². The number of halogens is 1. The molecule has 146 valence electrons. The van der Waals surface area contributed by atoms with Crippen LogP contribution in [0.5, 0.6) is 0 Å². The Morgan fingerprint density at radius 3 is 2.54 bits per heavy atom. The molecular weight excluding hydrogens is 366 g/mol. The van der Waals surface area contributed by atoms with Crippen molar-refractivity contribution in [1.29, 1.82) is 0 Å². The molecule has 28 heavy (non-hydrogen) atoms. The average molecular weight is 394 g/mol. The van der Waals surface area contributed by atoms with Crippen molar-refractivity contribution in [1.82, 2.24) is 14.5 Å². The number of hydrogen-bond donors (Lipinski definition) is 0. The summed E-state index contributed by atoms with van der Waals surface area (Å²) in [6.45, 7) is 15.5. The van der Waals surface area contributed by atoms with Crippen LogP contribution in [0.4, 0.5) is 0 Å².